The summed E-state index contributed by atoms with van der Waals surface area (Å²) in [4.78, 5) is 12.1. The molecule has 0 radical (unpaired) electrons. The maximum Gasteiger partial charge on any atom is 0.251 e. The van der Waals surface area contributed by atoms with Gasteiger partial charge in [0.2, 0.25) is 0 Å². The van der Waals surface area contributed by atoms with Gasteiger partial charge in [-0.2, -0.15) is 0 Å². The van der Waals surface area contributed by atoms with Crippen molar-refractivity contribution in [3.8, 4) is 5.75 Å². The summed E-state index contributed by atoms with van der Waals surface area (Å²) in [5.41, 5.74) is 1.21. The van der Waals surface area contributed by atoms with Crippen molar-refractivity contribution in [1.29, 1.82) is 0 Å². The lowest BCUT2D eigenvalue weighted by molar-refractivity contribution is 0.0852. The van der Waals surface area contributed by atoms with Crippen LogP contribution >= 0.6 is 11.6 Å². The number of amides is 1. The highest BCUT2D eigenvalue weighted by Crippen LogP contribution is 2.20. The van der Waals surface area contributed by atoms with E-state index >= 15 is 0 Å². The zero-order chi connectivity index (χ0) is 16.1. The summed E-state index contributed by atoms with van der Waals surface area (Å²) in [6.45, 7) is 1.75. The second-order valence-corrected chi connectivity index (χ2v) is 5.42. The standard InChI is InChI=1S/C17H18ClNO3/c1-11(16(20)12-5-9-15(22-2)10-6-12)19-17(21)13-3-7-14(18)8-4-13/h3-11,16,20H,1-2H3,(H,19,21). The summed E-state index contributed by atoms with van der Waals surface area (Å²) in [5.74, 6) is 0.463. The molecule has 22 heavy (non-hydrogen) atoms. The topological polar surface area (TPSA) is 58.6 Å². The molecule has 5 heteroatoms. The lowest BCUT2D eigenvalue weighted by atomic mass is 10.0. The maximum atomic E-state index is 12.1. The number of benzene rings is 2. The third-order valence-electron chi connectivity index (χ3n) is 3.40. The number of nitrogens with one attached hydrogen (secondary N) is 1. The summed E-state index contributed by atoms with van der Waals surface area (Å²) in [5, 5.41) is 13.7. The van der Waals surface area contributed by atoms with Crippen molar-refractivity contribution in [3.05, 3.63) is 64.7 Å². The number of ether oxygens (including phenoxy) is 1. The molecule has 2 atom stereocenters. The second kappa shape index (κ2) is 7.29. The fourth-order valence-corrected chi connectivity index (χ4v) is 2.19. The van der Waals surface area contributed by atoms with Gasteiger partial charge in [0.25, 0.3) is 5.91 Å². The van der Waals surface area contributed by atoms with Crippen molar-refractivity contribution < 1.29 is 14.6 Å². The second-order valence-electron chi connectivity index (χ2n) is 4.99. The first kappa shape index (κ1) is 16.3. The van der Waals surface area contributed by atoms with Gasteiger partial charge >= 0.3 is 0 Å². The predicted molar refractivity (Wildman–Crippen MR) is 86.3 cm³/mol. The Hall–Kier alpha value is -2.04. The Morgan fingerprint density at radius 2 is 1.73 bits per heavy atom. The third-order valence-corrected chi connectivity index (χ3v) is 3.65. The molecule has 116 valence electrons. The van der Waals surface area contributed by atoms with Crippen LogP contribution in [0.2, 0.25) is 5.02 Å². The van der Waals surface area contributed by atoms with Crippen molar-refractivity contribution >= 4 is 17.5 Å². The molecule has 0 aromatic heterocycles. The van der Waals surface area contributed by atoms with E-state index < -0.39 is 12.1 Å². The number of halogens is 1. The summed E-state index contributed by atoms with van der Waals surface area (Å²) < 4.78 is 5.08. The van der Waals surface area contributed by atoms with Crippen LogP contribution in [0.1, 0.15) is 28.9 Å². The molecule has 2 N–H and O–H groups in total. The molecule has 0 spiro atoms. The van der Waals surface area contributed by atoms with Crippen molar-refractivity contribution in [2.45, 2.75) is 19.1 Å². The minimum Gasteiger partial charge on any atom is -0.497 e. The molecular weight excluding hydrogens is 302 g/mol. The number of methoxy groups -OCH3 is 1. The molecule has 0 aliphatic heterocycles. The van der Waals surface area contributed by atoms with Gasteiger partial charge in [-0.25, -0.2) is 0 Å². The van der Waals surface area contributed by atoms with E-state index in [1.165, 1.54) is 0 Å². The first-order chi connectivity index (χ1) is 10.5. The number of aliphatic hydroxyl groups is 1. The number of hydrogen-bond acceptors (Lipinski definition) is 3. The fraction of sp³-hybridized carbons (Fsp3) is 0.235. The van der Waals surface area contributed by atoms with Crippen molar-refractivity contribution in [3.63, 3.8) is 0 Å². The predicted octanol–water partition coefficient (Wildman–Crippen LogP) is 3.20. The SMILES string of the molecule is COc1ccc(C(O)C(C)NC(=O)c2ccc(Cl)cc2)cc1. The van der Waals surface area contributed by atoms with Crippen LogP contribution in [-0.2, 0) is 0 Å². The quantitative estimate of drug-likeness (QED) is 0.889. The zero-order valence-electron chi connectivity index (χ0n) is 12.4. The van der Waals surface area contributed by atoms with Crippen LogP contribution in [0, 0.1) is 0 Å². The Balaban J connectivity index is 2.02. The molecule has 2 rings (SSSR count). The van der Waals surface area contributed by atoms with Crippen LogP contribution in [0.25, 0.3) is 0 Å². The van der Waals surface area contributed by atoms with Crippen LogP contribution < -0.4 is 10.1 Å². The fourth-order valence-electron chi connectivity index (χ4n) is 2.06. The number of carbonyl (C=O) groups excluding carboxylic acids is 1. The molecule has 2 aromatic carbocycles. The third kappa shape index (κ3) is 4.00. The lowest BCUT2D eigenvalue weighted by Crippen LogP contribution is -2.37. The van der Waals surface area contributed by atoms with Crippen LogP contribution in [0.5, 0.6) is 5.75 Å². The number of aliphatic hydroxyl groups excluding tert-OH is 1. The smallest absolute Gasteiger partial charge is 0.251 e. The summed E-state index contributed by atoms with van der Waals surface area (Å²) in [6.07, 6.45) is -0.804. The Kier molecular flexibility index (Phi) is 5.41. The van der Waals surface area contributed by atoms with E-state index in [-0.39, 0.29) is 5.91 Å². The van der Waals surface area contributed by atoms with Crippen molar-refractivity contribution in [2.75, 3.05) is 7.11 Å². The van der Waals surface area contributed by atoms with Crippen LogP contribution in [0.15, 0.2) is 48.5 Å². The van der Waals surface area contributed by atoms with E-state index in [4.69, 9.17) is 16.3 Å². The van der Waals surface area contributed by atoms with Gasteiger partial charge in [0.05, 0.1) is 19.3 Å². The highest BCUT2D eigenvalue weighted by molar-refractivity contribution is 6.30. The van der Waals surface area contributed by atoms with E-state index in [0.717, 1.165) is 0 Å². The lowest BCUT2D eigenvalue weighted by Gasteiger charge is -2.21. The molecule has 0 aliphatic rings. The van der Waals surface area contributed by atoms with Gasteiger partial charge in [0.15, 0.2) is 0 Å². The average Bonchev–Trinajstić information content (AvgIpc) is 2.54. The van der Waals surface area contributed by atoms with Gasteiger partial charge in [-0.15, -0.1) is 0 Å². The molecule has 0 saturated carbocycles. The molecule has 0 aliphatic carbocycles. The van der Waals surface area contributed by atoms with Gasteiger partial charge < -0.3 is 15.2 Å². The average molecular weight is 320 g/mol. The van der Waals surface area contributed by atoms with E-state index in [0.29, 0.717) is 21.9 Å². The molecule has 2 aromatic rings. The monoisotopic (exact) mass is 319 g/mol. The van der Waals surface area contributed by atoms with Crippen LogP contribution in [0.3, 0.4) is 0 Å². The minimum atomic E-state index is -0.804. The Bertz CT molecular complexity index is 625. The van der Waals surface area contributed by atoms with Crippen LogP contribution in [0.4, 0.5) is 0 Å². The first-order valence-corrected chi connectivity index (χ1v) is 7.27. The molecular formula is C17H18ClNO3. The Morgan fingerprint density at radius 1 is 1.14 bits per heavy atom. The Labute approximate surface area is 134 Å². The number of rotatable bonds is 5. The molecule has 0 fully saturated rings. The van der Waals surface area contributed by atoms with E-state index in [1.54, 1.807) is 62.6 Å². The van der Waals surface area contributed by atoms with Gasteiger partial charge in [0, 0.05) is 10.6 Å². The summed E-state index contributed by atoms with van der Waals surface area (Å²) >= 11 is 5.80. The van der Waals surface area contributed by atoms with Crippen LogP contribution in [-0.4, -0.2) is 24.2 Å². The zero-order valence-corrected chi connectivity index (χ0v) is 13.2. The van der Waals surface area contributed by atoms with E-state index in [9.17, 15) is 9.90 Å². The number of carbonyl (C=O) groups is 1. The summed E-state index contributed by atoms with van der Waals surface area (Å²) in [6, 6.07) is 13.2. The first-order valence-electron chi connectivity index (χ1n) is 6.89. The molecule has 0 bridgehead atoms. The molecule has 2 unspecified atom stereocenters. The largest absolute Gasteiger partial charge is 0.497 e. The summed E-state index contributed by atoms with van der Waals surface area (Å²) in [7, 11) is 1.58. The van der Waals surface area contributed by atoms with Gasteiger partial charge in [-0.3, -0.25) is 4.79 Å². The Morgan fingerprint density at radius 3 is 2.27 bits per heavy atom. The van der Waals surface area contributed by atoms with Gasteiger partial charge in [-0.05, 0) is 48.9 Å². The van der Waals surface area contributed by atoms with Gasteiger partial charge in [0.1, 0.15) is 5.75 Å². The van der Waals surface area contributed by atoms with Gasteiger partial charge in [-0.1, -0.05) is 23.7 Å². The van der Waals surface area contributed by atoms with Crippen molar-refractivity contribution in [1.82, 2.24) is 5.32 Å². The normalized spacial score (nSPS) is 13.3. The van der Waals surface area contributed by atoms with E-state index in [1.807, 2.05) is 0 Å². The molecule has 4 nitrogen and oxygen atoms in total. The van der Waals surface area contributed by atoms with E-state index in [2.05, 4.69) is 5.32 Å². The maximum absolute atomic E-state index is 12.1. The minimum absolute atomic E-state index is 0.253. The highest BCUT2D eigenvalue weighted by Gasteiger charge is 2.19. The molecule has 1 amide bonds. The van der Waals surface area contributed by atoms with Crippen molar-refractivity contribution in [2.24, 2.45) is 0 Å². The number of hydrogen-bond donors (Lipinski definition) is 2. The molecule has 0 heterocycles. The molecule has 0 saturated heterocycles. The highest BCUT2D eigenvalue weighted by atomic mass is 35.5.